The number of carbonyl (C=O) groups is 6. The lowest BCUT2D eigenvalue weighted by molar-refractivity contribution is -0.306. The van der Waals surface area contributed by atoms with Gasteiger partial charge in [0.15, 0.2) is 11.9 Å². The van der Waals surface area contributed by atoms with Crippen molar-refractivity contribution in [1.29, 1.82) is 0 Å². The van der Waals surface area contributed by atoms with Crippen LogP contribution in [0.3, 0.4) is 0 Å². The maximum absolute atomic E-state index is 14.5. The predicted octanol–water partition coefficient (Wildman–Crippen LogP) is 3.67. The molecule has 0 aromatic rings. The first-order chi connectivity index (χ1) is 36.0. The van der Waals surface area contributed by atoms with Crippen molar-refractivity contribution >= 4 is 36.4 Å². The molecule has 2 aliphatic carbocycles. The van der Waals surface area contributed by atoms with E-state index in [1.165, 1.54) is 18.9 Å². The van der Waals surface area contributed by atoms with E-state index in [1.807, 2.05) is 0 Å². The van der Waals surface area contributed by atoms with Crippen LogP contribution in [-0.4, -0.2) is 207 Å². The van der Waals surface area contributed by atoms with Gasteiger partial charge >= 0.3 is 30.5 Å². The van der Waals surface area contributed by atoms with E-state index in [-0.39, 0.29) is 44.3 Å². The fraction of sp³-hybridized carbons (Fsp3) is 0.852. The summed E-state index contributed by atoms with van der Waals surface area (Å²) in [5, 5.41) is 63.7. The number of rotatable bonds is 13. The lowest BCUT2D eigenvalue weighted by atomic mass is 9.72. The zero-order valence-electron chi connectivity index (χ0n) is 49.5. The Balaban J connectivity index is 1.52. The lowest BCUT2D eigenvalue weighted by Gasteiger charge is -2.52. The molecule has 452 valence electrons. The zero-order valence-corrected chi connectivity index (χ0v) is 49.5. The number of β-amino-alcohol motifs (C(OH)–C–C–N with tert-alkyl or cyclic N) is 1. The van der Waals surface area contributed by atoms with Gasteiger partial charge in [-0.2, -0.15) is 0 Å². The third-order valence-electron chi connectivity index (χ3n) is 13.7. The standard InChI is InChI=1S/C54H93N7O18/c1-48(2,3)75-43(65)56-30-22-29(23-30)25-55-26-31-18-19-32(58-44(66)76-49(4,5)6)38(73-31)35-33(59-45(67)77-50(7,8)9)24-34(57-42(64)54(71)20-21-61(27-54)47(69)79-52(13,14)15)39(36(35)62)74-41-37(63)40(53(16,70)28-72-41)60(17)46(68)78-51(10,11)12/h18,29-30,32-41,55,62-63,70-71H,19-28H2,1-17H3,(H,56,65)(H,57,64)(H,58,66)(H,59,67)/t29?,30?,32-,33+,34-,35-,36+,37-,38?,39+,40-,41-,53+,54?/m1/s1. The Hall–Kier alpha value is -4.92. The number of likely N-dealkylation sites (N-methyl/N-ethyl adjacent to an activating group) is 1. The molecule has 25 heteroatoms. The van der Waals surface area contributed by atoms with Gasteiger partial charge in [-0.05, 0) is 155 Å². The Morgan fingerprint density at radius 3 is 1.78 bits per heavy atom. The average molecular weight is 1130 g/mol. The molecule has 2 unspecified atom stereocenters. The molecule has 12 atom stereocenters. The summed E-state index contributed by atoms with van der Waals surface area (Å²) in [5.41, 5.74) is -8.48. The molecule has 5 aliphatic rings. The number of aliphatic hydroxyl groups excluding tert-OH is 2. The molecule has 2 saturated heterocycles. The van der Waals surface area contributed by atoms with E-state index in [2.05, 4.69) is 26.6 Å². The molecule has 25 nitrogen and oxygen atoms in total. The van der Waals surface area contributed by atoms with Crippen LogP contribution in [0.15, 0.2) is 11.8 Å². The van der Waals surface area contributed by atoms with Crippen LogP contribution in [0.1, 0.15) is 143 Å². The molecule has 2 saturated carbocycles. The highest BCUT2D eigenvalue weighted by Crippen LogP contribution is 2.40. The Kier molecular flexibility index (Phi) is 20.3. The van der Waals surface area contributed by atoms with Crippen molar-refractivity contribution in [2.24, 2.45) is 11.8 Å². The summed E-state index contributed by atoms with van der Waals surface area (Å²) in [4.78, 5) is 83.3. The van der Waals surface area contributed by atoms with E-state index < -0.39 is 150 Å². The summed E-state index contributed by atoms with van der Waals surface area (Å²) >= 11 is 0. The van der Waals surface area contributed by atoms with Gasteiger partial charge in [-0.15, -0.1) is 0 Å². The number of hydrogen-bond donors (Lipinski definition) is 9. The normalized spacial score (nSPS) is 32.4. The molecule has 5 rings (SSSR count). The Morgan fingerprint density at radius 1 is 0.709 bits per heavy atom. The highest BCUT2D eigenvalue weighted by atomic mass is 16.7. The second-order valence-electron chi connectivity index (χ2n) is 27.0. The summed E-state index contributed by atoms with van der Waals surface area (Å²) < 4.78 is 47.3. The molecular formula is C54H93N7O18. The number of nitrogens with zero attached hydrogens (tertiary/aromatic N) is 2. The van der Waals surface area contributed by atoms with E-state index in [4.69, 9.17) is 37.9 Å². The van der Waals surface area contributed by atoms with Gasteiger partial charge in [-0.25, -0.2) is 24.0 Å². The zero-order chi connectivity index (χ0) is 59.6. The molecule has 0 radical (unpaired) electrons. The summed E-state index contributed by atoms with van der Waals surface area (Å²) in [5.74, 6) is -1.60. The fourth-order valence-electron chi connectivity index (χ4n) is 10.3. The largest absolute Gasteiger partial charge is 0.491 e. The maximum Gasteiger partial charge on any atom is 0.410 e. The van der Waals surface area contributed by atoms with E-state index in [9.17, 15) is 49.2 Å². The monoisotopic (exact) mass is 1130 g/mol. The Morgan fingerprint density at radius 2 is 1.24 bits per heavy atom. The summed E-state index contributed by atoms with van der Waals surface area (Å²) in [7, 11) is 1.33. The van der Waals surface area contributed by atoms with Gasteiger partial charge in [0.05, 0.1) is 43.9 Å². The minimum absolute atomic E-state index is 0.0478. The van der Waals surface area contributed by atoms with Gasteiger partial charge in [-0.1, -0.05) is 0 Å². The predicted molar refractivity (Wildman–Crippen MR) is 285 cm³/mol. The van der Waals surface area contributed by atoms with Crippen molar-refractivity contribution < 1.29 is 87.1 Å². The third kappa shape index (κ3) is 18.8. The van der Waals surface area contributed by atoms with Gasteiger partial charge in [0.1, 0.15) is 57.7 Å². The molecule has 0 aromatic heterocycles. The maximum atomic E-state index is 14.5. The van der Waals surface area contributed by atoms with Crippen LogP contribution in [0.5, 0.6) is 0 Å². The van der Waals surface area contributed by atoms with E-state index in [1.54, 1.807) is 110 Å². The van der Waals surface area contributed by atoms with Gasteiger partial charge < -0.3 is 94.7 Å². The van der Waals surface area contributed by atoms with Crippen molar-refractivity contribution in [3.8, 4) is 0 Å². The molecule has 79 heavy (non-hydrogen) atoms. The molecule has 6 amide bonds. The Labute approximate surface area is 465 Å². The van der Waals surface area contributed by atoms with Crippen LogP contribution in [0.2, 0.25) is 0 Å². The number of likely N-dealkylation sites (tertiary alicyclic amines) is 1. The minimum atomic E-state index is -2.19. The number of ether oxygens (including phenoxy) is 8. The smallest absolute Gasteiger partial charge is 0.410 e. The van der Waals surface area contributed by atoms with Crippen molar-refractivity contribution in [3.05, 3.63) is 11.8 Å². The summed E-state index contributed by atoms with van der Waals surface area (Å²) in [6.45, 7) is 26.5. The van der Waals surface area contributed by atoms with Crippen molar-refractivity contribution in [3.63, 3.8) is 0 Å². The van der Waals surface area contributed by atoms with Gasteiger partial charge in [0, 0.05) is 38.0 Å². The van der Waals surface area contributed by atoms with Crippen LogP contribution < -0.4 is 26.6 Å². The SMILES string of the molecule is CN(C(=O)OC(C)(C)C)[C@@H]1[C@@H](O)[C@@H](O[C@@H]2[C@@H](O)[C@H](C3OC(CNCC4CC(NC(=O)OC(C)(C)C)C4)=CC[C@H]3NC(=O)OC(C)(C)C)[C@@H](NC(=O)OC(C)(C)C)C[C@H]2NC(=O)C2(O)CCN(C(=O)OC(C)(C)C)C2)OC[C@]1(C)O. The van der Waals surface area contributed by atoms with Crippen molar-refractivity contribution in [1.82, 2.24) is 36.4 Å². The molecular weight excluding hydrogens is 1030 g/mol. The number of hydrogen-bond acceptors (Lipinski definition) is 19. The highest BCUT2D eigenvalue weighted by molar-refractivity contribution is 5.87. The molecule has 0 bridgehead atoms. The van der Waals surface area contributed by atoms with E-state index in [0.29, 0.717) is 25.1 Å². The van der Waals surface area contributed by atoms with Crippen molar-refractivity contribution in [2.45, 2.75) is 243 Å². The van der Waals surface area contributed by atoms with Crippen LogP contribution in [0.25, 0.3) is 0 Å². The summed E-state index contributed by atoms with van der Waals surface area (Å²) in [6.07, 6.45) is -9.21. The fourth-order valence-corrected chi connectivity index (χ4v) is 10.3. The van der Waals surface area contributed by atoms with Crippen LogP contribution in [0.4, 0.5) is 24.0 Å². The number of carbonyl (C=O) groups excluding carboxylic acids is 6. The number of aliphatic hydroxyl groups is 4. The lowest BCUT2D eigenvalue weighted by Crippen LogP contribution is -2.71. The molecule has 0 aromatic carbocycles. The first kappa shape index (κ1) is 64.9. The van der Waals surface area contributed by atoms with Crippen LogP contribution in [-0.2, 0) is 42.7 Å². The quantitative estimate of drug-likeness (QED) is 0.119. The Bertz CT molecular complexity index is 2190. The number of amides is 6. The number of nitrogens with one attached hydrogen (secondary N) is 5. The van der Waals surface area contributed by atoms with Gasteiger partial charge in [0.2, 0.25) is 0 Å². The average Bonchev–Trinajstić information content (AvgIpc) is 3.65. The first-order valence-electron chi connectivity index (χ1n) is 27.4. The van der Waals surface area contributed by atoms with Gasteiger partial charge in [0.25, 0.3) is 5.91 Å². The van der Waals surface area contributed by atoms with E-state index >= 15 is 0 Å². The summed E-state index contributed by atoms with van der Waals surface area (Å²) in [6, 6.07) is -4.97. The topological polar surface area (TPSA) is 324 Å². The molecule has 3 heterocycles. The van der Waals surface area contributed by atoms with Crippen LogP contribution in [0, 0.1) is 11.8 Å². The van der Waals surface area contributed by atoms with Gasteiger partial charge in [-0.3, -0.25) is 4.79 Å². The number of alkyl carbamates (subject to hydrolysis) is 3. The highest BCUT2D eigenvalue weighted by Gasteiger charge is 2.58. The van der Waals surface area contributed by atoms with Crippen LogP contribution >= 0.6 is 0 Å². The molecule has 9 N–H and O–H groups in total. The molecule has 3 aliphatic heterocycles. The second kappa shape index (κ2) is 24.7. The van der Waals surface area contributed by atoms with E-state index in [0.717, 1.165) is 4.90 Å². The molecule has 4 fully saturated rings. The van der Waals surface area contributed by atoms with Crippen molar-refractivity contribution in [2.75, 3.05) is 39.8 Å². The minimum Gasteiger partial charge on any atom is -0.491 e. The third-order valence-corrected chi connectivity index (χ3v) is 13.7. The first-order valence-corrected chi connectivity index (χ1v) is 27.4. The second-order valence-corrected chi connectivity index (χ2v) is 27.0. The molecule has 0 spiro atoms.